The maximum Gasteiger partial charge on any atom is 0.254 e. The molecule has 0 saturated heterocycles. The van der Waals surface area contributed by atoms with Crippen molar-refractivity contribution in [3.63, 3.8) is 0 Å². The minimum absolute atomic E-state index is 0.209. The highest BCUT2D eigenvalue weighted by molar-refractivity contribution is 7.77. The maximum atomic E-state index is 13.3. The number of hydrogen-bond acceptors (Lipinski definition) is 4. The summed E-state index contributed by atoms with van der Waals surface area (Å²) in [6.45, 7) is 2.50. The number of nitrogens with zero attached hydrogens (tertiary/aromatic N) is 1. The van der Waals surface area contributed by atoms with Crippen LogP contribution in [-0.4, -0.2) is 26.5 Å². The average Bonchev–Trinajstić information content (AvgIpc) is 2.73. The Balaban J connectivity index is 2.07. The molecule has 0 spiro atoms. The molecule has 9 heteroatoms. The number of pyridine rings is 1. The van der Waals surface area contributed by atoms with Gasteiger partial charge in [-0.15, -0.1) is 0 Å². The summed E-state index contributed by atoms with van der Waals surface area (Å²) in [5, 5.41) is 0. The lowest BCUT2D eigenvalue weighted by molar-refractivity contribution is 0.340. The SMILES string of the molecule is CCOc1cc(=O)n(C)cc1-c1cc(CCNS(=O)O)ccc1Oc1ccc(F)cc1. The lowest BCUT2D eigenvalue weighted by Gasteiger charge is -2.17. The molecule has 31 heavy (non-hydrogen) atoms. The third kappa shape index (κ3) is 6.00. The Labute approximate surface area is 181 Å². The zero-order chi connectivity index (χ0) is 22.4. The van der Waals surface area contributed by atoms with Crippen molar-refractivity contribution in [3.8, 4) is 28.4 Å². The predicted molar refractivity (Wildman–Crippen MR) is 117 cm³/mol. The average molecular weight is 447 g/mol. The standard InChI is InChI=1S/C22H23FN2O5S/c1-3-29-21-13-22(26)25(2)14-19(21)18-12-15(10-11-24-31(27)28)4-9-20(18)30-17-7-5-16(23)6-8-17/h4-9,12-14,24H,3,10-11H2,1-2H3,(H,27,28). The number of rotatable bonds is 9. The van der Waals surface area contributed by atoms with E-state index in [9.17, 15) is 13.4 Å². The summed E-state index contributed by atoms with van der Waals surface area (Å²) in [5.74, 6) is 0.999. The van der Waals surface area contributed by atoms with Crippen molar-refractivity contribution in [3.05, 3.63) is 76.5 Å². The minimum atomic E-state index is -2.09. The molecule has 1 aromatic heterocycles. The highest BCUT2D eigenvalue weighted by Gasteiger charge is 2.16. The molecule has 2 aromatic carbocycles. The van der Waals surface area contributed by atoms with Gasteiger partial charge in [-0.05, 0) is 55.3 Å². The number of benzene rings is 2. The lowest BCUT2D eigenvalue weighted by Crippen LogP contribution is -2.19. The summed E-state index contributed by atoms with van der Waals surface area (Å²) in [5.41, 5.74) is 2.00. The van der Waals surface area contributed by atoms with Crippen LogP contribution in [0.4, 0.5) is 4.39 Å². The van der Waals surface area contributed by atoms with E-state index in [-0.39, 0.29) is 11.4 Å². The van der Waals surface area contributed by atoms with Crippen LogP contribution < -0.4 is 19.8 Å². The summed E-state index contributed by atoms with van der Waals surface area (Å²) >= 11 is -2.09. The molecule has 7 nitrogen and oxygen atoms in total. The van der Waals surface area contributed by atoms with Crippen molar-refractivity contribution in [1.29, 1.82) is 0 Å². The molecule has 0 radical (unpaired) electrons. The molecule has 3 aromatic rings. The molecular weight excluding hydrogens is 423 g/mol. The molecule has 0 aliphatic carbocycles. The fourth-order valence-electron chi connectivity index (χ4n) is 3.03. The van der Waals surface area contributed by atoms with E-state index in [1.807, 2.05) is 19.1 Å². The summed E-state index contributed by atoms with van der Waals surface area (Å²) in [4.78, 5) is 12.1. The van der Waals surface area contributed by atoms with E-state index >= 15 is 0 Å². The van der Waals surface area contributed by atoms with Gasteiger partial charge in [0.25, 0.3) is 5.56 Å². The van der Waals surface area contributed by atoms with Gasteiger partial charge in [-0.2, -0.15) is 0 Å². The van der Waals surface area contributed by atoms with Crippen LogP contribution in [0.3, 0.4) is 0 Å². The number of hydrogen-bond donors (Lipinski definition) is 2. The van der Waals surface area contributed by atoms with Crippen LogP contribution in [0.25, 0.3) is 11.1 Å². The van der Waals surface area contributed by atoms with E-state index in [2.05, 4.69) is 4.72 Å². The smallest absolute Gasteiger partial charge is 0.254 e. The van der Waals surface area contributed by atoms with Gasteiger partial charge in [0.15, 0.2) is 0 Å². The van der Waals surface area contributed by atoms with Crippen LogP contribution in [0.1, 0.15) is 12.5 Å². The van der Waals surface area contributed by atoms with Crippen LogP contribution in [0.5, 0.6) is 17.2 Å². The largest absolute Gasteiger partial charge is 0.493 e. The highest BCUT2D eigenvalue weighted by atomic mass is 32.2. The summed E-state index contributed by atoms with van der Waals surface area (Å²) in [6, 6.07) is 12.6. The minimum Gasteiger partial charge on any atom is -0.493 e. The van der Waals surface area contributed by atoms with Crippen molar-refractivity contribution in [2.45, 2.75) is 13.3 Å². The van der Waals surface area contributed by atoms with Crippen molar-refractivity contribution < 1.29 is 22.6 Å². The Bertz CT molecular complexity index is 1130. The Kier molecular flexibility index (Phi) is 7.56. The molecule has 2 N–H and O–H groups in total. The van der Waals surface area contributed by atoms with E-state index in [1.54, 1.807) is 19.3 Å². The van der Waals surface area contributed by atoms with Crippen molar-refractivity contribution in [2.24, 2.45) is 7.05 Å². The zero-order valence-electron chi connectivity index (χ0n) is 17.1. The van der Waals surface area contributed by atoms with Gasteiger partial charge in [0, 0.05) is 37.0 Å². The quantitative estimate of drug-likeness (QED) is 0.490. The van der Waals surface area contributed by atoms with Gasteiger partial charge in [-0.3, -0.25) is 9.35 Å². The predicted octanol–water partition coefficient (Wildman–Crippen LogP) is 3.65. The second kappa shape index (κ2) is 10.3. The van der Waals surface area contributed by atoms with Crippen LogP contribution in [-0.2, 0) is 24.7 Å². The highest BCUT2D eigenvalue weighted by Crippen LogP contribution is 2.38. The first-order valence-corrected chi connectivity index (χ1v) is 10.7. The second-order valence-electron chi connectivity index (χ2n) is 6.71. The zero-order valence-corrected chi connectivity index (χ0v) is 17.9. The number of aromatic nitrogens is 1. The van der Waals surface area contributed by atoms with Gasteiger partial charge in [0.1, 0.15) is 23.1 Å². The Morgan fingerprint density at radius 3 is 2.52 bits per heavy atom. The molecule has 0 saturated carbocycles. The molecule has 0 aliphatic rings. The Hall–Kier alpha value is -3.01. The second-order valence-corrected chi connectivity index (χ2v) is 7.50. The van der Waals surface area contributed by atoms with E-state index < -0.39 is 11.3 Å². The van der Waals surface area contributed by atoms with E-state index in [1.165, 1.54) is 34.9 Å². The lowest BCUT2D eigenvalue weighted by atomic mass is 10.0. The summed E-state index contributed by atoms with van der Waals surface area (Å²) in [7, 11) is 1.65. The third-order valence-electron chi connectivity index (χ3n) is 4.51. The fourth-order valence-corrected chi connectivity index (χ4v) is 3.31. The molecule has 1 atom stereocenters. The topological polar surface area (TPSA) is 89.8 Å². The molecule has 164 valence electrons. The molecular formula is C22H23FN2O5S. The van der Waals surface area contributed by atoms with Crippen molar-refractivity contribution in [2.75, 3.05) is 13.2 Å². The summed E-state index contributed by atoms with van der Waals surface area (Å²) < 4.78 is 48.6. The monoisotopic (exact) mass is 446 g/mol. The number of ether oxygens (including phenoxy) is 2. The third-order valence-corrected chi connectivity index (χ3v) is 4.96. The van der Waals surface area contributed by atoms with Gasteiger partial charge in [-0.1, -0.05) is 6.07 Å². The Morgan fingerprint density at radius 2 is 1.84 bits per heavy atom. The molecule has 3 rings (SSSR count). The number of aryl methyl sites for hydroxylation is 1. The molecule has 1 heterocycles. The Morgan fingerprint density at radius 1 is 1.10 bits per heavy atom. The van der Waals surface area contributed by atoms with Crippen molar-refractivity contribution >= 4 is 11.3 Å². The number of halogens is 1. The normalized spacial score (nSPS) is 11.9. The van der Waals surface area contributed by atoms with Crippen LogP contribution in [0.2, 0.25) is 0 Å². The first-order valence-electron chi connectivity index (χ1n) is 9.62. The van der Waals surface area contributed by atoms with E-state index in [0.717, 1.165) is 5.56 Å². The van der Waals surface area contributed by atoms with Crippen LogP contribution in [0.15, 0.2) is 59.5 Å². The van der Waals surface area contributed by atoms with Crippen LogP contribution in [0, 0.1) is 5.82 Å². The first-order chi connectivity index (χ1) is 14.9. The van der Waals surface area contributed by atoms with E-state index in [0.29, 0.717) is 47.9 Å². The van der Waals surface area contributed by atoms with Gasteiger partial charge < -0.3 is 14.0 Å². The van der Waals surface area contributed by atoms with Gasteiger partial charge >= 0.3 is 0 Å². The summed E-state index contributed by atoms with van der Waals surface area (Å²) in [6.07, 6.45) is 2.16. The molecule has 0 fully saturated rings. The van der Waals surface area contributed by atoms with Gasteiger partial charge in [0.2, 0.25) is 11.3 Å². The molecule has 0 amide bonds. The first kappa shape index (κ1) is 22.7. The van der Waals surface area contributed by atoms with E-state index in [4.69, 9.17) is 14.0 Å². The maximum absolute atomic E-state index is 13.3. The van der Waals surface area contributed by atoms with Gasteiger partial charge in [-0.25, -0.2) is 13.3 Å². The molecule has 0 bridgehead atoms. The van der Waals surface area contributed by atoms with Crippen LogP contribution >= 0.6 is 0 Å². The van der Waals surface area contributed by atoms with Gasteiger partial charge in [0.05, 0.1) is 6.61 Å². The van der Waals surface area contributed by atoms with Crippen molar-refractivity contribution in [1.82, 2.24) is 9.29 Å². The molecule has 1 unspecified atom stereocenters. The fraction of sp³-hybridized carbons (Fsp3) is 0.227. The number of nitrogens with one attached hydrogen (secondary N) is 1. The molecule has 0 aliphatic heterocycles.